The van der Waals surface area contributed by atoms with Gasteiger partial charge in [0.25, 0.3) is 5.56 Å². The minimum atomic E-state index is -0.159. The van der Waals surface area contributed by atoms with Gasteiger partial charge in [-0.15, -0.1) is 0 Å². The maximum Gasteiger partial charge on any atom is 0.259 e. The number of benzene rings is 2. The summed E-state index contributed by atoms with van der Waals surface area (Å²) in [6, 6.07) is 20.9. The number of hydrogen-bond donors (Lipinski definition) is 1. The van der Waals surface area contributed by atoms with Gasteiger partial charge in [0.05, 0.1) is 24.0 Å². The van der Waals surface area contributed by atoms with Gasteiger partial charge in [0, 0.05) is 28.9 Å². The molecule has 0 radical (unpaired) electrons. The Morgan fingerprint density at radius 1 is 0.839 bits per heavy atom. The van der Waals surface area contributed by atoms with Gasteiger partial charge < -0.3 is 9.67 Å². The van der Waals surface area contributed by atoms with E-state index < -0.39 is 0 Å². The quantitative estimate of drug-likeness (QED) is 0.482. The van der Waals surface area contributed by atoms with E-state index in [1.165, 1.54) is 12.5 Å². The fourth-order valence-electron chi connectivity index (χ4n) is 3.75. The molecule has 0 saturated heterocycles. The summed E-state index contributed by atoms with van der Waals surface area (Å²) in [6.45, 7) is 0.336. The monoisotopic (exact) mass is 406 g/mol. The Morgan fingerprint density at radius 3 is 2.23 bits per heavy atom. The first-order chi connectivity index (χ1) is 15.2. The molecule has 3 aromatic heterocycles. The maximum atomic E-state index is 13.7. The van der Waals surface area contributed by atoms with Crippen molar-refractivity contribution in [2.45, 2.75) is 6.54 Å². The van der Waals surface area contributed by atoms with Crippen LogP contribution < -0.4 is 5.56 Å². The normalized spacial score (nSPS) is 11.0. The van der Waals surface area contributed by atoms with Crippen molar-refractivity contribution in [1.29, 1.82) is 0 Å². The van der Waals surface area contributed by atoms with Gasteiger partial charge >= 0.3 is 0 Å². The first-order valence-corrected chi connectivity index (χ1v) is 9.82. The molecule has 0 atom stereocenters. The Morgan fingerprint density at radius 2 is 1.52 bits per heavy atom. The highest BCUT2D eigenvalue weighted by molar-refractivity contribution is 5.97. The van der Waals surface area contributed by atoms with Gasteiger partial charge in [0.15, 0.2) is 0 Å². The van der Waals surface area contributed by atoms with E-state index in [2.05, 4.69) is 15.0 Å². The van der Waals surface area contributed by atoms with Crippen molar-refractivity contribution in [3.63, 3.8) is 0 Å². The highest BCUT2D eigenvalue weighted by atomic mass is 16.3. The molecule has 0 aliphatic heterocycles. The molecule has 3 heterocycles. The van der Waals surface area contributed by atoms with E-state index >= 15 is 0 Å². The second-order valence-corrected chi connectivity index (χ2v) is 7.18. The van der Waals surface area contributed by atoms with Crippen LogP contribution in [0.3, 0.4) is 0 Å². The molecular weight excluding hydrogens is 388 g/mol. The molecule has 2 aromatic carbocycles. The van der Waals surface area contributed by atoms with Gasteiger partial charge in [-0.1, -0.05) is 60.7 Å². The van der Waals surface area contributed by atoms with E-state index in [-0.39, 0.29) is 11.3 Å². The predicted octanol–water partition coefficient (Wildman–Crippen LogP) is 4.27. The van der Waals surface area contributed by atoms with Crippen molar-refractivity contribution in [3.8, 4) is 28.1 Å². The summed E-state index contributed by atoms with van der Waals surface area (Å²) in [5, 5.41) is 11.2. The van der Waals surface area contributed by atoms with Gasteiger partial charge in [-0.25, -0.2) is 9.97 Å². The minimum Gasteiger partial charge on any atom is -0.506 e. The van der Waals surface area contributed by atoms with Crippen LogP contribution in [0, 0.1) is 0 Å². The Kier molecular flexibility index (Phi) is 4.72. The molecule has 0 unspecified atom stereocenters. The molecule has 0 aliphatic rings. The Labute approximate surface area is 178 Å². The number of rotatable bonds is 4. The second-order valence-electron chi connectivity index (χ2n) is 7.18. The summed E-state index contributed by atoms with van der Waals surface area (Å²) in [5.74, 6) is 0.00888. The van der Waals surface area contributed by atoms with E-state index in [9.17, 15) is 9.90 Å². The Hall–Kier alpha value is -4.32. The molecule has 0 spiro atoms. The number of fused-ring (bicyclic) bond motifs is 1. The number of pyridine rings is 2. The topological polar surface area (TPSA) is 80.9 Å². The number of aromatic hydroxyl groups is 1. The molecule has 0 fully saturated rings. The molecule has 0 amide bonds. The van der Waals surface area contributed by atoms with Crippen LogP contribution in [0.4, 0.5) is 0 Å². The molecule has 5 aromatic rings. The van der Waals surface area contributed by atoms with Crippen LogP contribution in [0.2, 0.25) is 0 Å². The van der Waals surface area contributed by atoms with Crippen LogP contribution in [0.1, 0.15) is 5.56 Å². The zero-order valence-electron chi connectivity index (χ0n) is 16.5. The molecule has 5 rings (SSSR count). The van der Waals surface area contributed by atoms with E-state index in [1.54, 1.807) is 23.0 Å². The van der Waals surface area contributed by atoms with Crippen LogP contribution >= 0.6 is 0 Å². The number of nitrogens with zero attached hydrogens (tertiary/aromatic N) is 4. The summed E-state index contributed by atoms with van der Waals surface area (Å²) < 4.78 is 1.67. The van der Waals surface area contributed by atoms with E-state index in [4.69, 9.17) is 0 Å². The van der Waals surface area contributed by atoms with Gasteiger partial charge in [0.2, 0.25) is 0 Å². The predicted molar refractivity (Wildman–Crippen MR) is 120 cm³/mol. The first-order valence-electron chi connectivity index (χ1n) is 9.82. The minimum absolute atomic E-state index is 0.00888. The second kappa shape index (κ2) is 7.84. The van der Waals surface area contributed by atoms with Crippen LogP contribution in [0.15, 0.2) is 96.4 Å². The molecule has 6 nitrogen and oxygen atoms in total. The van der Waals surface area contributed by atoms with E-state index in [1.807, 2.05) is 60.7 Å². The van der Waals surface area contributed by atoms with Crippen LogP contribution in [0.5, 0.6) is 5.75 Å². The van der Waals surface area contributed by atoms with Crippen LogP contribution in [0.25, 0.3) is 33.3 Å². The lowest BCUT2D eigenvalue weighted by molar-refractivity contribution is 0.479. The highest BCUT2D eigenvalue weighted by Crippen LogP contribution is 2.33. The number of hydrogen-bond acceptors (Lipinski definition) is 5. The van der Waals surface area contributed by atoms with Crippen molar-refractivity contribution >= 4 is 10.9 Å². The van der Waals surface area contributed by atoms with Gasteiger partial charge in [-0.2, -0.15) is 0 Å². The van der Waals surface area contributed by atoms with Crippen LogP contribution in [-0.2, 0) is 6.54 Å². The fraction of sp³-hybridized carbons (Fsp3) is 0.0400. The Bertz CT molecular complexity index is 1420. The SMILES string of the molecule is O=c1c(-c2ccccc2)cc2c(O)cnc(-c3cncnc3)c2n1Cc1ccccc1. The molecular formula is C25H18N4O2. The van der Waals surface area contributed by atoms with Gasteiger partial charge in [-0.05, 0) is 17.2 Å². The zero-order chi connectivity index (χ0) is 21.2. The van der Waals surface area contributed by atoms with E-state index in [0.29, 0.717) is 34.3 Å². The maximum absolute atomic E-state index is 13.7. The van der Waals surface area contributed by atoms with Crippen molar-refractivity contribution in [1.82, 2.24) is 19.5 Å². The highest BCUT2D eigenvalue weighted by Gasteiger charge is 2.19. The average Bonchev–Trinajstić information content (AvgIpc) is 2.83. The van der Waals surface area contributed by atoms with Gasteiger partial charge in [-0.3, -0.25) is 9.78 Å². The first kappa shape index (κ1) is 18.7. The van der Waals surface area contributed by atoms with E-state index in [0.717, 1.165) is 11.1 Å². The summed E-state index contributed by atoms with van der Waals surface area (Å²) in [7, 11) is 0. The van der Waals surface area contributed by atoms with Crippen molar-refractivity contribution in [3.05, 3.63) is 108 Å². The average molecular weight is 406 g/mol. The molecule has 0 bridgehead atoms. The molecule has 1 N–H and O–H groups in total. The lowest BCUT2D eigenvalue weighted by Crippen LogP contribution is -2.23. The lowest BCUT2D eigenvalue weighted by atomic mass is 10.0. The third kappa shape index (κ3) is 3.44. The molecule has 0 aliphatic carbocycles. The van der Waals surface area contributed by atoms with Crippen molar-refractivity contribution in [2.75, 3.05) is 0 Å². The third-order valence-corrected chi connectivity index (χ3v) is 5.21. The largest absolute Gasteiger partial charge is 0.506 e. The Balaban J connectivity index is 1.88. The molecule has 6 heteroatoms. The summed E-state index contributed by atoms with van der Waals surface area (Å²) in [6.07, 6.45) is 6.13. The molecule has 0 saturated carbocycles. The fourth-order valence-corrected chi connectivity index (χ4v) is 3.75. The van der Waals surface area contributed by atoms with Gasteiger partial charge in [0.1, 0.15) is 12.1 Å². The third-order valence-electron chi connectivity index (χ3n) is 5.21. The molecule has 150 valence electrons. The smallest absolute Gasteiger partial charge is 0.259 e. The summed E-state index contributed by atoms with van der Waals surface area (Å²) >= 11 is 0. The number of aromatic nitrogens is 4. The van der Waals surface area contributed by atoms with Crippen molar-refractivity contribution in [2.24, 2.45) is 0 Å². The molecule has 31 heavy (non-hydrogen) atoms. The summed E-state index contributed by atoms with van der Waals surface area (Å²) in [4.78, 5) is 26.3. The zero-order valence-corrected chi connectivity index (χ0v) is 16.5. The van der Waals surface area contributed by atoms with Crippen LogP contribution in [-0.4, -0.2) is 24.6 Å². The lowest BCUT2D eigenvalue weighted by Gasteiger charge is -2.17. The standard InChI is InChI=1S/C25H18N4O2/c30-22-14-28-23(19-12-26-16-27-13-19)24-21(22)11-20(18-9-5-2-6-10-18)25(31)29(24)15-17-7-3-1-4-8-17/h1-14,16,30H,15H2. The van der Waals surface area contributed by atoms with Crippen molar-refractivity contribution < 1.29 is 5.11 Å². The summed E-state index contributed by atoms with van der Waals surface area (Å²) in [5.41, 5.74) is 3.87.